The second kappa shape index (κ2) is 8.58. The molecule has 0 bridgehead atoms. The van der Waals surface area contributed by atoms with Crippen LogP contribution in [-0.2, 0) is 0 Å². The van der Waals surface area contributed by atoms with Gasteiger partial charge in [0.15, 0.2) is 11.5 Å². The fourth-order valence-corrected chi connectivity index (χ4v) is 2.75. The zero-order chi connectivity index (χ0) is 19.2. The molecule has 0 radical (unpaired) electrons. The average molecular weight is 368 g/mol. The molecule has 2 aromatic carbocycles. The van der Waals surface area contributed by atoms with Crippen molar-refractivity contribution in [2.24, 2.45) is 0 Å². The first-order valence-electron chi connectivity index (χ1n) is 9.13. The summed E-state index contributed by atoms with van der Waals surface area (Å²) in [6, 6.07) is 11.6. The first-order valence-corrected chi connectivity index (χ1v) is 9.13. The number of ether oxygens (including phenoxy) is 3. The third-order valence-electron chi connectivity index (χ3n) is 3.85. The van der Waals surface area contributed by atoms with E-state index >= 15 is 0 Å². The summed E-state index contributed by atoms with van der Waals surface area (Å²) in [7, 11) is 0. The summed E-state index contributed by atoms with van der Waals surface area (Å²) in [6.45, 7) is 9.32. The molecule has 0 aliphatic carbocycles. The van der Waals surface area contributed by atoms with Gasteiger partial charge in [-0.25, -0.2) is 0 Å². The van der Waals surface area contributed by atoms with Crippen LogP contribution in [0.4, 0.5) is 0 Å². The minimum atomic E-state index is 0.400. The third kappa shape index (κ3) is 4.22. The van der Waals surface area contributed by atoms with E-state index in [1.165, 1.54) is 0 Å². The topological polar surface area (TPSA) is 66.6 Å². The summed E-state index contributed by atoms with van der Waals surface area (Å²) in [5, 5.41) is 8.39. The van der Waals surface area contributed by atoms with Gasteiger partial charge in [-0.05, 0) is 52.0 Å². The highest BCUT2D eigenvalue weighted by Crippen LogP contribution is 2.42. The lowest BCUT2D eigenvalue weighted by Crippen LogP contribution is -2.03. The van der Waals surface area contributed by atoms with E-state index in [1.54, 1.807) is 0 Å². The second-order valence-corrected chi connectivity index (χ2v) is 5.88. The summed E-state index contributed by atoms with van der Waals surface area (Å²) < 4.78 is 23.1. The SMILES string of the molecule is CCOc1cc(-c2nnc(-c3cccc(C)c3)o2)cc(OCC)c1OCC. The number of rotatable bonds is 8. The highest BCUT2D eigenvalue weighted by molar-refractivity contribution is 5.66. The Hall–Kier alpha value is -3.02. The third-order valence-corrected chi connectivity index (χ3v) is 3.85. The van der Waals surface area contributed by atoms with Crippen molar-refractivity contribution in [1.82, 2.24) is 10.2 Å². The molecule has 142 valence electrons. The molecule has 0 N–H and O–H groups in total. The van der Waals surface area contributed by atoms with E-state index < -0.39 is 0 Å². The molecule has 0 saturated heterocycles. The van der Waals surface area contributed by atoms with Crippen LogP contribution in [-0.4, -0.2) is 30.0 Å². The summed E-state index contributed by atoms with van der Waals surface area (Å²) >= 11 is 0. The van der Waals surface area contributed by atoms with Crippen molar-refractivity contribution in [2.45, 2.75) is 27.7 Å². The number of hydrogen-bond donors (Lipinski definition) is 0. The van der Waals surface area contributed by atoms with Crippen LogP contribution in [0.2, 0.25) is 0 Å². The Balaban J connectivity index is 2.03. The van der Waals surface area contributed by atoms with Crippen LogP contribution in [0.25, 0.3) is 22.9 Å². The molecule has 0 amide bonds. The Morgan fingerprint density at radius 1 is 0.778 bits per heavy atom. The van der Waals surface area contributed by atoms with Crippen LogP contribution in [0.15, 0.2) is 40.8 Å². The molecule has 27 heavy (non-hydrogen) atoms. The van der Waals surface area contributed by atoms with Gasteiger partial charge in [0.1, 0.15) is 0 Å². The minimum Gasteiger partial charge on any atom is -0.490 e. The van der Waals surface area contributed by atoms with E-state index in [2.05, 4.69) is 10.2 Å². The molecule has 6 nitrogen and oxygen atoms in total. The van der Waals surface area contributed by atoms with Crippen molar-refractivity contribution in [1.29, 1.82) is 0 Å². The first kappa shape index (κ1) is 18.8. The molecule has 1 aromatic heterocycles. The molecule has 0 atom stereocenters. The van der Waals surface area contributed by atoms with Crippen molar-refractivity contribution in [2.75, 3.05) is 19.8 Å². The van der Waals surface area contributed by atoms with Crippen LogP contribution in [0.5, 0.6) is 17.2 Å². The summed E-state index contributed by atoms with van der Waals surface area (Å²) in [6.07, 6.45) is 0. The average Bonchev–Trinajstić information content (AvgIpc) is 3.15. The largest absolute Gasteiger partial charge is 0.490 e. The Labute approximate surface area is 159 Å². The van der Waals surface area contributed by atoms with Gasteiger partial charge in [-0.15, -0.1) is 10.2 Å². The minimum absolute atomic E-state index is 0.400. The number of benzene rings is 2. The van der Waals surface area contributed by atoms with Gasteiger partial charge in [-0.1, -0.05) is 17.7 Å². The molecular formula is C21H24N2O4. The number of aromatic nitrogens is 2. The van der Waals surface area contributed by atoms with Gasteiger partial charge in [0, 0.05) is 11.1 Å². The molecule has 3 aromatic rings. The van der Waals surface area contributed by atoms with Crippen molar-refractivity contribution in [3.63, 3.8) is 0 Å². The fraction of sp³-hybridized carbons (Fsp3) is 0.333. The monoisotopic (exact) mass is 368 g/mol. The maximum absolute atomic E-state index is 5.90. The molecule has 0 aliphatic rings. The molecule has 3 rings (SSSR count). The van der Waals surface area contributed by atoms with E-state index in [9.17, 15) is 0 Å². The molecule has 0 unspecified atom stereocenters. The summed E-state index contributed by atoms with van der Waals surface area (Å²) in [4.78, 5) is 0. The lowest BCUT2D eigenvalue weighted by Gasteiger charge is -2.16. The van der Waals surface area contributed by atoms with Crippen LogP contribution >= 0.6 is 0 Å². The van der Waals surface area contributed by atoms with E-state index in [-0.39, 0.29) is 0 Å². The predicted molar refractivity (Wildman–Crippen MR) is 103 cm³/mol. The highest BCUT2D eigenvalue weighted by atomic mass is 16.5. The Morgan fingerprint density at radius 3 is 1.93 bits per heavy atom. The predicted octanol–water partition coefficient (Wildman–Crippen LogP) is 4.91. The van der Waals surface area contributed by atoms with Crippen LogP contribution in [0, 0.1) is 6.92 Å². The van der Waals surface area contributed by atoms with E-state index in [0.717, 1.165) is 16.7 Å². The lowest BCUT2D eigenvalue weighted by atomic mass is 10.1. The second-order valence-electron chi connectivity index (χ2n) is 5.88. The maximum Gasteiger partial charge on any atom is 0.248 e. The zero-order valence-corrected chi connectivity index (χ0v) is 16.1. The van der Waals surface area contributed by atoms with E-state index in [1.807, 2.05) is 64.1 Å². The molecule has 0 saturated carbocycles. The van der Waals surface area contributed by atoms with Gasteiger partial charge in [0.25, 0.3) is 0 Å². The molecule has 6 heteroatoms. The first-order chi connectivity index (χ1) is 13.2. The van der Waals surface area contributed by atoms with Gasteiger partial charge in [0.05, 0.1) is 19.8 Å². The van der Waals surface area contributed by atoms with Crippen molar-refractivity contribution >= 4 is 0 Å². The van der Waals surface area contributed by atoms with Gasteiger partial charge in [-0.2, -0.15) is 0 Å². The lowest BCUT2D eigenvalue weighted by molar-refractivity contribution is 0.261. The standard InChI is InChI=1S/C21H24N2O4/c1-5-24-17-12-16(13-18(25-6-2)19(17)26-7-3)21-23-22-20(27-21)15-10-8-9-14(4)11-15/h8-13H,5-7H2,1-4H3. The maximum atomic E-state index is 5.90. The Kier molecular flexibility index (Phi) is 5.96. The summed E-state index contributed by atoms with van der Waals surface area (Å²) in [5.41, 5.74) is 2.73. The van der Waals surface area contributed by atoms with Gasteiger partial charge < -0.3 is 18.6 Å². The van der Waals surface area contributed by atoms with Crippen molar-refractivity contribution < 1.29 is 18.6 Å². The van der Waals surface area contributed by atoms with E-state index in [0.29, 0.717) is 48.9 Å². The Morgan fingerprint density at radius 2 is 1.37 bits per heavy atom. The fourth-order valence-electron chi connectivity index (χ4n) is 2.75. The van der Waals surface area contributed by atoms with Crippen LogP contribution in [0.3, 0.4) is 0 Å². The van der Waals surface area contributed by atoms with Crippen LogP contribution < -0.4 is 14.2 Å². The highest BCUT2D eigenvalue weighted by Gasteiger charge is 2.19. The number of nitrogens with zero attached hydrogens (tertiary/aromatic N) is 2. The molecule has 0 aliphatic heterocycles. The summed E-state index contributed by atoms with van der Waals surface area (Å²) in [5.74, 6) is 2.64. The van der Waals surface area contributed by atoms with Crippen molar-refractivity contribution in [3.05, 3.63) is 42.0 Å². The normalized spacial score (nSPS) is 10.7. The Bertz CT molecular complexity index is 878. The molecular weight excluding hydrogens is 344 g/mol. The zero-order valence-electron chi connectivity index (χ0n) is 16.1. The smallest absolute Gasteiger partial charge is 0.248 e. The van der Waals surface area contributed by atoms with Crippen molar-refractivity contribution in [3.8, 4) is 40.2 Å². The van der Waals surface area contributed by atoms with Gasteiger partial charge in [-0.3, -0.25) is 0 Å². The number of hydrogen-bond acceptors (Lipinski definition) is 6. The number of aryl methyl sites for hydroxylation is 1. The molecule has 0 fully saturated rings. The van der Waals surface area contributed by atoms with Crippen LogP contribution in [0.1, 0.15) is 26.3 Å². The van der Waals surface area contributed by atoms with Gasteiger partial charge >= 0.3 is 0 Å². The van der Waals surface area contributed by atoms with Gasteiger partial charge in [0.2, 0.25) is 17.5 Å². The van der Waals surface area contributed by atoms with E-state index in [4.69, 9.17) is 18.6 Å². The molecule has 1 heterocycles. The molecule has 0 spiro atoms. The quantitative estimate of drug-likeness (QED) is 0.563.